The molecule has 0 unspecified atom stereocenters. The van der Waals surface area contributed by atoms with Crippen LogP contribution in [0.25, 0.3) is 0 Å². The fourth-order valence-electron chi connectivity index (χ4n) is 2.22. The van der Waals surface area contributed by atoms with Crippen LogP contribution in [0.5, 0.6) is 0 Å². The molecule has 4 N–H and O–H groups in total. The van der Waals surface area contributed by atoms with E-state index in [1.54, 1.807) is 19.9 Å². The minimum Gasteiger partial charge on any atom is -0.375 e. The van der Waals surface area contributed by atoms with Crippen LogP contribution in [-0.2, 0) is 6.54 Å². The van der Waals surface area contributed by atoms with Crippen molar-refractivity contribution in [2.75, 3.05) is 11.9 Å². The number of nitro benzene ring substituents is 1. The smallest absolute Gasteiger partial charge is 0.293 e. The van der Waals surface area contributed by atoms with E-state index in [0.29, 0.717) is 17.3 Å². The zero-order valence-corrected chi connectivity index (χ0v) is 15.3. The summed E-state index contributed by atoms with van der Waals surface area (Å²) in [6.45, 7) is 4.13. The van der Waals surface area contributed by atoms with Gasteiger partial charge >= 0.3 is 0 Å². The number of anilines is 1. The van der Waals surface area contributed by atoms with Gasteiger partial charge in [0.05, 0.1) is 4.92 Å². The number of hydrogen-bond acceptors (Lipinski definition) is 5. The van der Waals surface area contributed by atoms with Crippen LogP contribution >= 0.6 is 11.6 Å². The van der Waals surface area contributed by atoms with E-state index in [4.69, 9.17) is 17.3 Å². The molecule has 0 aliphatic heterocycles. The summed E-state index contributed by atoms with van der Waals surface area (Å²) in [4.78, 5) is 23.0. The molecule has 7 nitrogen and oxygen atoms in total. The van der Waals surface area contributed by atoms with E-state index in [1.807, 2.05) is 18.2 Å². The van der Waals surface area contributed by atoms with Gasteiger partial charge in [-0.3, -0.25) is 14.9 Å². The van der Waals surface area contributed by atoms with Gasteiger partial charge in [0.1, 0.15) is 5.69 Å². The molecule has 0 aliphatic rings. The monoisotopic (exact) mass is 376 g/mol. The van der Waals surface area contributed by atoms with E-state index in [1.165, 1.54) is 18.2 Å². The van der Waals surface area contributed by atoms with E-state index in [2.05, 4.69) is 10.6 Å². The summed E-state index contributed by atoms with van der Waals surface area (Å²) in [5.41, 5.74) is 6.40. The number of amides is 1. The lowest BCUT2D eigenvalue weighted by Crippen LogP contribution is -2.45. The highest BCUT2D eigenvalue weighted by atomic mass is 35.5. The molecule has 0 saturated heterocycles. The molecule has 0 aromatic heterocycles. The van der Waals surface area contributed by atoms with Crippen LogP contribution < -0.4 is 16.4 Å². The molecular weight excluding hydrogens is 356 g/mol. The first kappa shape index (κ1) is 19.7. The normalized spacial score (nSPS) is 11.1. The Kier molecular flexibility index (Phi) is 6.18. The standard InChI is InChI=1S/C18H21ClN4O3/c1-18(2,20)11-22-17(24)12-7-8-15(16(9-12)23(25)26)21-10-13-5-3-4-6-14(13)19/h3-9,21H,10-11,20H2,1-2H3,(H,22,24). The molecule has 138 valence electrons. The van der Waals surface area contributed by atoms with Crippen LogP contribution in [0, 0.1) is 10.1 Å². The number of nitrogens with one attached hydrogen (secondary N) is 2. The summed E-state index contributed by atoms with van der Waals surface area (Å²) in [5.74, 6) is -0.413. The van der Waals surface area contributed by atoms with E-state index in [0.717, 1.165) is 5.56 Å². The number of hydrogen-bond donors (Lipinski definition) is 3. The lowest BCUT2D eigenvalue weighted by molar-refractivity contribution is -0.384. The highest BCUT2D eigenvalue weighted by Gasteiger charge is 2.19. The molecule has 0 heterocycles. The fraction of sp³-hybridized carbons (Fsp3) is 0.278. The molecule has 0 atom stereocenters. The number of rotatable bonds is 7. The minimum absolute atomic E-state index is 0.184. The number of benzene rings is 2. The van der Waals surface area contributed by atoms with Gasteiger partial charge in [-0.15, -0.1) is 0 Å². The first-order chi connectivity index (χ1) is 12.2. The van der Waals surface area contributed by atoms with Gasteiger partial charge in [-0.05, 0) is 37.6 Å². The van der Waals surface area contributed by atoms with Gasteiger partial charge in [-0.1, -0.05) is 29.8 Å². The van der Waals surface area contributed by atoms with Crippen LogP contribution in [0.2, 0.25) is 5.02 Å². The zero-order chi connectivity index (χ0) is 19.3. The van der Waals surface area contributed by atoms with Crippen molar-refractivity contribution < 1.29 is 9.72 Å². The van der Waals surface area contributed by atoms with Crippen molar-refractivity contribution in [3.63, 3.8) is 0 Å². The summed E-state index contributed by atoms with van der Waals surface area (Å²) in [7, 11) is 0. The molecule has 2 aromatic rings. The molecule has 2 aromatic carbocycles. The second-order valence-electron chi connectivity index (χ2n) is 6.61. The maximum absolute atomic E-state index is 12.2. The van der Waals surface area contributed by atoms with E-state index >= 15 is 0 Å². The number of nitrogens with two attached hydrogens (primary N) is 1. The summed E-state index contributed by atoms with van der Waals surface area (Å²) in [6.07, 6.45) is 0. The number of carbonyl (C=O) groups excluding carboxylic acids is 1. The number of halogens is 1. The lowest BCUT2D eigenvalue weighted by atomic mass is 10.1. The predicted octanol–water partition coefficient (Wildman–Crippen LogP) is 3.33. The number of carbonyl (C=O) groups is 1. The average molecular weight is 377 g/mol. The maximum Gasteiger partial charge on any atom is 0.293 e. The minimum atomic E-state index is -0.571. The topological polar surface area (TPSA) is 110 Å². The molecule has 0 radical (unpaired) electrons. The summed E-state index contributed by atoms with van der Waals surface area (Å²) in [6, 6.07) is 11.5. The van der Waals surface area contributed by atoms with Crippen molar-refractivity contribution in [2.45, 2.75) is 25.9 Å². The van der Waals surface area contributed by atoms with Gasteiger partial charge in [-0.25, -0.2) is 0 Å². The molecule has 0 aliphatic carbocycles. The largest absolute Gasteiger partial charge is 0.375 e. The number of nitro groups is 1. The van der Waals surface area contributed by atoms with Gasteiger partial charge < -0.3 is 16.4 Å². The van der Waals surface area contributed by atoms with Gasteiger partial charge in [0.2, 0.25) is 0 Å². The van der Waals surface area contributed by atoms with Gasteiger partial charge in [-0.2, -0.15) is 0 Å². The fourth-order valence-corrected chi connectivity index (χ4v) is 2.42. The van der Waals surface area contributed by atoms with Crippen LogP contribution in [0.1, 0.15) is 29.8 Å². The molecule has 0 spiro atoms. The third-order valence-corrected chi connectivity index (χ3v) is 3.96. The van der Waals surface area contributed by atoms with Crippen molar-refractivity contribution in [2.24, 2.45) is 5.73 Å². The molecular formula is C18H21ClN4O3. The van der Waals surface area contributed by atoms with Gasteiger partial charge in [0.15, 0.2) is 0 Å². The second kappa shape index (κ2) is 8.16. The third kappa shape index (κ3) is 5.44. The molecule has 0 bridgehead atoms. The first-order valence-electron chi connectivity index (χ1n) is 8.00. The number of nitrogens with zero attached hydrogens (tertiary/aromatic N) is 1. The van der Waals surface area contributed by atoms with E-state index in [9.17, 15) is 14.9 Å². The molecule has 0 saturated carbocycles. The molecule has 1 amide bonds. The maximum atomic E-state index is 12.2. The lowest BCUT2D eigenvalue weighted by Gasteiger charge is -2.19. The summed E-state index contributed by atoms with van der Waals surface area (Å²) in [5, 5.41) is 17.6. The van der Waals surface area contributed by atoms with Crippen molar-refractivity contribution in [1.29, 1.82) is 0 Å². The Morgan fingerprint density at radius 3 is 2.58 bits per heavy atom. The first-order valence-corrected chi connectivity index (χ1v) is 8.38. The Morgan fingerprint density at radius 1 is 1.27 bits per heavy atom. The third-order valence-electron chi connectivity index (χ3n) is 3.59. The zero-order valence-electron chi connectivity index (χ0n) is 14.6. The van der Waals surface area contributed by atoms with Crippen molar-refractivity contribution >= 4 is 28.9 Å². The van der Waals surface area contributed by atoms with Gasteiger partial charge in [0, 0.05) is 35.3 Å². The second-order valence-corrected chi connectivity index (χ2v) is 7.01. The van der Waals surface area contributed by atoms with Crippen LogP contribution in [0.4, 0.5) is 11.4 Å². The van der Waals surface area contributed by atoms with Gasteiger partial charge in [0.25, 0.3) is 11.6 Å². The molecule has 2 rings (SSSR count). The average Bonchev–Trinajstić information content (AvgIpc) is 2.58. The SMILES string of the molecule is CC(C)(N)CNC(=O)c1ccc(NCc2ccccc2Cl)c([N+](=O)[O-])c1. The van der Waals surface area contributed by atoms with Crippen molar-refractivity contribution in [3.05, 3.63) is 68.7 Å². The van der Waals surface area contributed by atoms with Crippen molar-refractivity contribution in [3.8, 4) is 0 Å². The Hall–Kier alpha value is -2.64. The Labute approximate surface area is 156 Å². The quantitative estimate of drug-likeness (QED) is 0.507. The molecule has 0 fully saturated rings. The highest BCUT2D eigenvalue weighted by Crippen LogP contribution is 2.27. The van der Waals surface area contributed by atoms with E-state index in [-0.39, 0.29) is 17.8 Å². The summed E-state index contributed by atoms with van der Waals surface area (Å²) >= 11 is 6.09. The Balaban J connectivity index is 2.17. The van der Waals surface area contributed by atoms with E-state index < -0.39 is 16.4 Å². The Morgan fingerprint density at radius 2 is 1.96 bits per heavy atom. The Bertz CT molecular complexity index is 818. The van der Waals surface area contributed by atoms with Crippen LogP contribution in [0.15, 0.2) is 42.5 Å². The summed E-state index contributed by atoms with van der Waals surface area (Å²) < 4.78 is 0. The van der Waals surface area contributed by atoms with Crippen LogP contribution in [-0.4, -0.2) is 22.9 Å². The molecule has 26 heavy (non-hydrogen) atoms. The van der Waals surface area contributed by atoms with Crippen molar-refractivity contribution in [1.82, 2.24) is 5.32 Å². The highest BCUT2D eigenvalue weighted by molar-refractivity contribution is 6.31. The van der Waals surface area contributed by atoms with Crippen LogP contribution in [0.3, 0.4) is 0 Å². The molecule has 8 heteroatoms. The predicted molar refractivity (Wildman–Crippen MR) is 102 cm³/mol.